The predicted octanol–water partition coefficient (Wildman–Crippen LogP) is 3.78. The van der Waals surface area contributed by atoms with Crippen molar-refractivity contribution in [2.24, 2.45) is 5.73 Å². The van der Waals surface area contributed by atoms with Gasteiger partial charge in [0, 0.05) is 18.5 Å². The van der Waals surface area contributed by atoms with E-state index in [0.717, 1.165) is 46.4 Å². The number of aromatic nitrogens is 2. The zero-order valence-electron chi connectivity index (χ0n) is 19.3. The third-order valence-corrected chi connectivity index (χ3v) is 7.18. The maximum Gasteiger partial charge on any atom is 0.264 e. The van der Waals surface area contributed by atoms with E-state index < -0.39 is 22.5 Å². The number of sulfonamides is 1. The lowest BCUT2D eigenvalue weighted by atomic mass is 10.0. The Balaban J connectivity index is 1.67. The molecule has 0 saturated heterocycles. The summed E-state index contributed by atoms with van der Waals surface area (Å²) in [6.45, 7) is 4.49. The number of hydrogen-bond donors (Lipinski definition) is 2. The molecule has 1 amide bonds. The molecule has 1 aromatic heterocycles. The lowest BCUT2D eigenvalue weighted by Gasteiger charge is -2.13. The Kier molecular flexibility index (Phi) is 6.81. The summed E-state index contributed by atoms with van der Waals surface area (Å²) in [6, 6.07) is 20.6. The zero-order valence-corrected chi connectivity index (χ0v) is 20.1. The van der Waals surface area contributed by atoms with Gasteiger partial charge in [-0.25, -0.2) is 18.1 Å². The van der Waals surface area contributed by atoms with Gasteiger partial charge in [0.25, 0.3) is 10.0 Å². The second kappa shape index (κ2) is 9.79. The molecule has 0 fully saturated rings. The summed E-state index contributed by atoms with van der Waals surface area (Å²) in [4.78, 5) is 16.5. The first kappa shape index (κ1) is 23.7. The summed E-state index contributed by atoms with van der Waals surface area (Å²) in [5.41, 5.74) is 10.9. The van der Waals surface area contributed by atoms with E-state index in [1.807, 2.05) is 29.0 Å². The molecule has 0 aliphatic rings. The molecule has 3 N–H and O–H groups in total. The largest absolute Gasteiger partial charge is 0.323 e. The summed E-state index contributed by atoms with van der Waals surface area (Å²) in [7, 11) is -4.03. The van der Waals surface area contributed by atoms with Gasteiger partial charge in [0.2, 0.25) is 5.91 Å². The van der Waals surface area contributed by atoms with Gasteiger partial charge in [-0.3, -0.25) is 4.79 Å². The molecule has 0 aliphatic carbocycles. The summed E-state index contributed by atoms with van der Waals surface area (Å²) >= 11 is 0. The molecule has 0 unspecified atom stereocenters. The van der Waals surface area contributed by atoms with Crippen LogP contribution in [-0.2, 0) is 27.8 Å². The van der Waals surface area contributed by atoms with Crippen molar-refractivity contribution in [1.29, 1.82) is 0 Å². The number of nitrogens with zero attached hydrogens (tertiary/aromatic N) is 2. The quantitative estimate of drug-likeness (QED) is 0.403. The number of rotatable bonds is 8. The molecule has 176 valence electrons. The van der Waals surface area contributed by atoms with Gasteiger partial charge in [-0.1, -0.05) is 61.5 Å². The Morgan fingerprint density at radius 3 is 2.47 bits per heavy atom. The van der Waals surface area contributed by atoms with E-state index in [-0.39, 0.29) is 4.90 Å². The van der Waals surface area contributed by atoms with E-state index in [2.05, 4.69) is 36.6 Å². The third-order valence-electron chi connectivity index (χ3n) is 5.75. The molecular weight excluding hydrogens is 448 g/mol. The second-order valence-electron chi connectivity index (χ2n) is 8.23. The van der Waals surface area contributed by atoms with Crippen LogP contribution in [0.4, 0.5) is 0 Å². The third kappa shape index (κ3) is 4.73. The lowest BCUT2D eigenvalue weighted by Crippen LogP contribution is -2.35. The Labute approximate surface area is 199 Å². The van der Waals surface area contributed by atoms with Gasteiger partial charge >= 0.3 is 0 Å². The van der Waals surface area contributed by atoms with Gasteiger partial charge < -0.3 is 10.3 Å². The number of hydrogen-bond acceptors (Lipinski definition) is 5. The van der Waals surface area contributed by atoms with E-state index >= 15 is 0 Å². The predicted molar refractivity (Wildman–Crippen MR) is 134 cm³/mol. The number of benzene rings is 3. The van der Waals surface area contributed by atoms with Crippen molar-refractivity contribution in [3.8, 4) is 11.1 Å². The molecule has 34 heavy (non-hydrogen) atoms. The van der Waals surface area contributed by atoms with E-state index in [1.54, 1.807) is 18.2 Å². The molecule has 0 atom stereocenters. The fourth-order valence-electron chi connectivity index (χ4n) is 4.08. The van der Waals surface area contributed by atoms with Gasteiger partial charge in [0.05, 0.1) is 22.5 Å². The molecule has 0 radical (unpaired) electrons. The fraction of sp³-hybridized carbons (Fsp3) is 0.231. The zero-order chi connectivity index (χ0) is 24.3. The van der Waals surface area contributed by atoms with E-state index in [4.69, 9.17) is 10.7 Å². The van der Waals surface area contributed by atoms with Crippen LogP contribution in [0.5, 0.6) is 0 Å². The van der Waals surface area contributed by atoms with Crippen LogP contribution in [-0.4, -0.2) is 30.4 Å². The van der Waals surface area contributed by atoms with Gasteiger partial charge in [0.15, 0.2) is 0 Å². The van der Waals surface area contributed by atoms with Crippen molar-refractivity contribution in [3.05, 3.63) is 83.7 Å². The molecular formula is C26H28N4O3S. The summed E-state index contributed by atoms with van der Waals surface area (Å²) in [6.07, 6.45) is 1.90. The van der Waals surface area contributed by atoms with E-state index in [1.165, 1.54) is 6.07 Å². The highest BCUT2D eigenvalue weighted by molar-refractivity contribution is 7.90. The van der Waals surface area contributed by atoms with Crippen molar-refractivity contribution >= 4 is 27.0 Å². The summed E-state index contributed by atoms with van der Waals surface area (Å²) < 4.78 is 29.7. The number of fused-ring (bicyclic) bond motifs is 1. The normalized spacial score (nSPS) is 11.6. The van der Waals surface area contributed by atoms with Crippen molar-refractivity contribution in [3.63, 3.8) is 0 Å². The van der Waals surface area contributed by atoms with E-state index in [0.29, 0.717) is 12.1 Å². The number of aryl methyl sites for hydroxylation is 2. The first-order valence-corrected chi connectivity index (χ1v) is 12.7. The number of carbonyl (C=O) groups is 1. The van der Waals surface area contributed by atoms with Crippen LogP contribution in [0, 0.1) is 6.92 Å². The highest BCUT2D eigenvalue weighted by atomic mass is 32.2. The van der Waals surface area contributed by atoms with Crippen molar-refractivity contribution in [2.45, 2.75) is 38.1 Å². The average Bonchev–Trinajstić information content (AvgIpc) is 3.18. The van der Waals surface area contributed by atoms with Crippen LogP contribution in [0.15, 0.2) is 71.6 Å². The molecule has 0 aliphatic heterocycles. The lowest BCUT2D eigenvalue weighted by molar-refractivity contribution is -0.118. The van der Waals surface area contributed by atoms with Gasteiger partial charge in [0.1, 0.15) is 5.82 Å². The van der Waals surface area contributed by atoms with Gasteiger partial charge in [-0.05, 0) is 42.2 Å². The van der Waals surface area contributed by atoms with Crippen molar-refractivity contribution in [2.75, 3.05) is 6.54 Å². The monoisotopic (exact) mass is 476 g/mol. The first-order chi connectivity index (χ1) is 16.3. The summed E-state index contributed by atoms with van der Waals surface area (Å²) in [5, 5.41) is 0. The number of carbonyl (C=O) groups excluding carboxylic acids is 1. The SMILES string of the molecule is CCCc1nc2c(C)cccc2n1Cc1ccc(-c2ccccc2S(=O)(=O)NC(=O)CN)cc1. The Hall–Kier alpha value is -3.49. The van der Waals surface area contributed by atoms with Crippen molar-refractivity contribution < 1.29 is 13.2 Å². The van der Waals surface area contributed by atoms with Crippen molar-refractivity contribution in [1.82, 2.24) is 14.3 Å². The molecule has 3 aromatic carbocycles. The van der Waals surface area contributed by atoms with Crippen LogP contribution in [0.3, 0.4) is 0 Å². The number of para-hydroxylation sites is 1. The minimum absolute atomic E-state index is 0.0332. The Morgan fingerprint density at radius 2 is 1.76 bits per heavy atom. The standard InChI is InChI=1S/C26H28N4O3S/c1-3-7-24-28-26-18(2)8-6-10-22(26)30(24)17-19-12-14-20(15-13-19)21-9-4-5-11-23(21)34(32,33)29-25(31)16-27/h4-6,8-15H,3,7,16-17,27H2,1-2H3,(H,29,31). The first-order valence-electron chi connectivity index (χ1n) is 11.2. The van der Waals surface area contributed by atoms with Crippen LogP contribution >= 0.6 is 0 Å². The molecule has 4 rings (SSSR count). The van der Waals surface area contributed by atoms with E-state index in [9.17, 15) is 13.2 Å². The highest BCUT2D eigenvalue weighted by Gasteiger charge is 2.21. The maximum absolute atomic E-state index is 12.7. The molecule has 0 saturated carbocycles. The molecule has 4 aromatic rings. The summed E-state index contributed by atoms with van der Waals surface area (Å²) in [5.74, 6) is 0.304. The fourth-order valence-corrected chi connectivity index (χ4v) is 5.31. The Bertz CT molecular complexity index is 1440. The minimum Gasteiger partial charge on any atom is -0.323 e. The number of nitrogens with two attached hydrogens (primary N) is 1. The molecule has 0 bridgehead atoms. The van der Waals surface area contributed by atoms with Gasteiger partial charge in [-0.2, -0.15) is 0 Å². The minimum atomic E-state index is -4.03. The topological polar surface area (TPSA) is 107 Å². The molecule has 7 nitrogen and oxygen atoms in total. The number of imidazole rings is 1. The second-order valence-corrected chi connectivity index (χ2v) is 9.88. The average molecular weight is 477 g/mol. The highest BCUT2D eigenvalue weighted by Crippen LogP contribution is 2.28. The Morgan fingerprint density at radius 1 is 1.03 bits per heavy atom. The number of amides is 1. The van der Waals surface area contributed by atoms with Gasteiger partial charge in [-0.15, -0.1) is 0 Å². The molecule has 0 spiro atoms. The molecule has 1 heterocycles. The molecule has 8 heteroatoms. The number of nitrogens with one attached hydrogen (secondary N) is 1. The maximum atomic E-state index is 12.7. The van der Waals surface area contributed by atoms with Crippen LogP contribution in [0.1, 0.15) is 30.3 Å². The van der Waals surface area contributed by atoms with Crippen LogP contribution in [0.25, 0.3) is 22.2 Å². The smallest absolute Gasteiger partial charge is 0.264 e. The van der Waals surface area contributed by atoms with Crippen LogP contribution < -0.4 is 10.5 Å². The van der Waals surface area contributed by atoms with Crippen LogP contribution in [0.2, 0.25) is 0 Å².